The minimum Gasteiger partial charge on any atom is -0.619 e. The molecule has 0 unspecified atom stereocenters. The van der Waals surface area contributed by atoms with Crippen molar-refractivity contribution in [2.45, 2.75) is 114 Å². The van der Waals surface area contributed by atoms with Gasteiger partial charge in [0, 0.05) is 46.0 Å². The van der Waals surface area contributed by atoms with Gasteiger partial charge in [-0.2, -0.15) is 4.73 Å². The molecule has 4 heteroatoms. The summed E-state index contributed by atoms with van der Waals surface area (Å²) in [6.07, 6.45) is 9.10. The van der Waals surface area contributed by atoms with Crippen LogP contribution in [0.15, 0.2) is 189 Å². The molecule has 0 saturated heterocycles. The van der Waals surface area contributed by atoms with E-state index in [9.17, 15) is 5.21 Å². The van der Waals surface area contributed by atoms with Gasteiger partial charge in [-0.25, -0.2) is 0 Å². The summed E-state index contributed by atoms with van der Waals surface area (Å²) in [6.45, 7) is 27.9. The van der Waals surface area contributed by atoms with Crippen molar-refractivity contribution >= 4 is 43.1 Å². The molecule has 0 spiro atoms. The molecule has 0 radical (unpaired) electrons. The second-order valence-corrected chi connectivity index (χ2v) is 17.7. The Balaban J connectivity index is 0.000000212. The summed E-state index contributed by atoms with van der Waals surface area (Å²) in [5.74, 6) is 2.87. The second kappa shape index (κ2) is 28.4. The summed E-state index contributed by atoms with van der Waals surface area (Å²) in [6, 6.07) is 54.0. The molecular formula is C61H75N3O. The zero-order valence-corrected chi connectivity index (χ0v) is 41.5. The highest BCUT2D eigenvalue weighted by Crippen LogP contribution is 2.25. The van der Waals surface area contributed by atoms with Crippen molar-refractivity contribution in [1.82, 2.24) is 9.97 Å². The Labute approximate surface area is 392 Å². The van der Waals surface area contributed by atoms with Gasteiger partial charge in [-0.1, -0.05) is 236 Å². The number of hydrogen-bond donors (Lipinski definition) is 0. The van der Waals surface area contributed by atoms with Crippen molar-refractivity contribution in [3.63, 3.8) is 0 Å². The number of hydrogen-bond acceptors (Lipinski definition) is 3. The number of benzene rings is 6. The van der Waals surface area contributed by atoms with Gasteiger partial charge in [0.1, 0.15) is 0 Å². The van der Waals surface area contributed by atoms with Crippen molar-refractivity contribution in [2.75, 3.05) is 0 Å². The third-order valence-corrected chi connectivity index (χ3v) is 10.1. The normalized spacial score (nSPS) is 10.4. The van der Waals surface area contributed by atoms with Crippen molar-refractivity contribution in [3.05, 3.63) is 216 Å². The van der Waals surface area contributed by atoms with E-state index in [1.165, 1.54) is 54.5 Å². The van der Waals surface area contributed by atoms with Crippen LogP contribution in [0.3, 0.4) is 0 Å². The summed E-state index contributed by atoms with van der Waals surface area (Å²) in [7, 11) is 0. The maximum Gasteiger partial charge on any atom is 0.188 e. The van der Waals surface area contributed by atoms with E-state index < -0.39 is 0 Å². The van der Waals surface area contributed by atoms with E-state index in [-0.39, 0.29) is 0 Å². The topological polar surface area (TPSA) is 52.7 Å². The molecule has 65 heavy (non-hydrogen) atoms. The van der Waals surface area contributed by atoms with Crippen LogP contribution in [0, 0.1) is 11.1 Å². The lowest BCUT2D eigenvalue weighted by atomic mass is 9.99. The van der Waals surface area contributed by atoms with Crippen LogP contribution in [0.4, 0.5) is 0 Å². The fraction of sp³-hybridized carbons (Fsp3) is 0.295. The Kier molecular flexibility index (Phi) is 23.1. The molecule has 9 rings (SSSR count). The van der Waals surface area contributed by atoms with E-state index in [0.717, 1.165) is 21.6 Å². The molecule has 0 atom stereocenters. The van der Waals surface area contributed by atoms with Crippen molar-refractivity contribution in [3.8, 4) is 0 Å². The van der Waals surface area contributed by atoms with Crippen LogP contribution >= 0.6 is 0 Å². The molecule has 0 N–H and O–H groups in total. The minimum absolute atomic E-state index is 0.376. The SMILES string of the molecule is CC.CC(C)C.CC(C)c1c[n+]([O-])cc2ccccc12.CC(C)c1cc2ccccc2cn1.CC(C)c1ccc2ccccc2c1.CC(C)c1cncc2ccccc12.c1ccccc1. The highest BCUT2D eigenvalue weighted by Gasteiger charge is 2.09. The molecule has 340 valence electrons. The van der Waals surface area contributed by atoms with E-state index in [1.54, 1.807) is 12.4 Å². The standard InChI is InChI=1S/C13H14.C12H13NO.2C12H13N.C6H6.C4H10.C2H6/c1-10(2)12-8-7-11-5-3-4-6-13(11)9-12;1-9(2)12-8-13(14)7-10-5-3-4-6-11(10)12;1-9(2)12-8-13-7-10-5-3-4-6-11(10)12;1-9(2)12-7-10-5-3-4-6-11(10)8-13-12;1-2-4-6-5-3-1;1-4(2)3;1-2/h3-10H,1-2H3;3-9H,1-2H3;2*3-9H,1-2H3;1-6H;4H,1-3H3;1-2H3. The number of fused-ring (bicyclic) bond motifs is 4. The molecule has 0 aliphatic rings. The van der Waals surface area contributed by atoms with Crippen LogP contribution < -0.4 is 4.73 Å². The Morgan fingerprint density at radius 3 is 1.34 bits per heavy atom. The summed E-state index contributed by atoms with van der Waals surface area (Å²) >= 11 is 0. The molecule has 0 bridgehead atoms. The van der Waals surface area contributed by atoms with E-state index in [1.807, 2.05) is 99.2 Å². The fourth-order valence-corrected chi connectivity index (χ4v) is 6.68. The first-order valence-electron chi connectivity index (χ1n) is 23.5. The molecule has 6 aromatic carbocycles. The van der Waals surface area contributed by atoms with Crippen molar-refractivity contribution < 1.29 is 4.73 Å². The van der Waals surface area contributed by atoms with Crippen LogP contribution in [0.1, 0.15) is 136 Å². The first kappa shape index (κ1) is 53.0. The van der Waals surface area contributed by atoms with E-state index in [4.69, 9.17) is 0 Å². The van der Waals surface area contributed by atoms with Crippen LogP contribution in [-0.2, 0) is 0 Å². The fourth-order valence-electron chi connectivity index (χ4n) is 6.68. The molecule has 9 aromatic rings. The second-order valence-electron chi connectivity index (χ2n) is 17.7. The van der Waals surface area contributed by atoms with Crippen molar-refractivity contribution in [1.29, 1.82) is 0 Å². The largest absolute Gasteiger partial charge is 0.619 e. The third kappa shape index (κ3) is 18.0. The molecule has 0 amide bonds. The van der Waals surface area contributed by atoms with Gasteiger partial charge in [-0.3, -0.25) is 9.97 Å². The van der Waals surface area contributed by atoms with Gasteiger partial charge in [0.25, 0.3) is 0 Å². The minimum atomic E-state index is 0.376. The Bertz CT molecular complexity index is 2570. The van der Waals surface area contributed by atoms with Gasteiger partial charge in [0.2, 0.25) is 0 Å². The monoisotopic (exact) mass is 866 g/mol. The molecule has 3 aromatic heterocycles. The van der Waals surface area contributed by atoms with Gasteiger partial charge < -0.3 is 5.21 Å². The average Bonchev–Trinajstić information content (AvgIpc) is 3.32. The van der Waals surface area contributed by atoms with Gasteiger partial charge in [-0.05, 0) is 79.8 Å². The molecule has 0 fully saturated rings. The molecule has 0 aliphatic heterocycles. The van der Waals surface area contributed by atoms with Crippen LogP contribution in [0.5, 0.6) is 0 Å². The van der Waals surface area contributed by atoms with Crippen LogP contribution in [0.2, 0.25) is 0 Å². The maximum absolute atomic E-state index is 11.3. The summed E-state index contributed by atoms with van der Waals surface area (Å²) in [5.41, 5.74) is 5.02. The van der Waals surface area contributed by atoms with Crippen LogP contribution in [-0.4, -0.2) is 9.97 Å². The van der Waals surface area contributed by atoms with Gasteiger partial charge in [0.05, 0.1) is 0 Å². The first-order valence-corrected chi connectivity index (χ1v) is 23.5. The summed E-state index contributed by atoms with van der Waals surface area (Å²) in [4.78, 5) is 8.64. The van der Waals surface area contributed by atoms with Gasteiger partial charge >= 0.3 is 0 Å². The maximum atomic E-state index is 11.3. The van der Waals surface area contributed by atoms with Crippen LogP contribution in [0.25, 0.3) is 43.1 Å². The number of rotatable bonds is 4. The highest BCUT2D eigenvalue weighted by atomic mass is 16.5. The van der Waals surface area contributed by atoms with E-state index >= 15 is 0 Å². The summed E-state index contributed by atoms with van der Waals surface area (Å²) < 4.78 is 0.887. The zero-order chi connectivity index (χ0) is 47.7. The highest BCUT2D eigenvalue weighted by molar-refractivity contribution is 5.86. The lowest BCUT2D eigenvalue weighted by Gasteiger charge is -2.08. The molecule has 4 nitrogen and oxygen atoms in total. The Morgan fingerprint density at radius 2 is 0.831 bits per heavy atom. The van der Waals surface area contributed by atoms with Crippen molar-refractivity contribution in [2.24, 2.45) is 5.92 Å². The Morgan fingerprint density at radius 1 is 0.385 bits per heavy atom. The smallest absolute Gasteiger partial charge is 0.188 e. The van der Waals surface area contributed by atoms with E-state index in [2.05, 4.69) is 177 Å². The average molecular weight is 866 g/mol. The third-order valence-electron chi connectivity index (χ3n) is 10.1. The zero-order valence-electron chi connectivity index (χ0n) is 41.5. The Hall–Kier alpha value is -6.39. The molecular weight excluding hydrogens is 791 g/mol. The van der Waals surface area contributed by atoms with E-state index in [0.29, 0.717) is 23.7 Å². The number of pyridine rings is 3. The quantitative estimate of drug-likeness (QED) is 0.131. The lowest BCUT2D eigenvalue weighted by Crippen LogP contribution is -2.25. The molecule has 0 saturated carbocycles. The summed E-state index contributed by atoms with van der Waals surface area (Å²) in [5, 5.41) is 21.2. The number of nitrogens with zero attached hydrogens (tertiary/aromatic N) is 3. The molecule has 3 heterocycles. The lowest BCUT2D eigenvalue weighted by molar-refractivity contribution is -0.604. The predicted octanol–water partition coefficient (Wildman–Crippen LogP) is 17.7. The first-order chi connectivity index (χ1) is 31.2. The number of aromatic nitrogens is 3. The molecule has 0 aliphatic carbocycles. The van der Waals surface area contributed by atoms with Gasteiger partial charge in [0.15, 0.2) is 12.4 Å². The van der Waals surface area contributed by atoms with Gasteiger partial charge in [-0.15, -0.1) is 0 Å². The predicted molar refractivity (Wildman–Crippen MR) is 285 cm³/mol.